The molecule has 2 aromatic rings. The van der Waals surface area contributed by atoms with Gasteiger partial charge >= 0.3 is 5.24 Å². The lowest BCUT2D eigenvalue weighted by Gasteiger charge is -1.99. The van der Waals surface area contributed by atoms with Gasteiger partial charge in [-0.25, -0.2) is 9.18 Å². The molecule has 0 aliphatic heterocycles. The molecule has 82 valence electrons. The molecule has 1 heterocycles. The molecule has 0 bridgehead atoms. The van der Waals surface area contributed by atoms with Gasteiger partial charge in [-0.1, -0.05) is 12.1 Å². The number of halogens is 1. The third kappa shape index (κ3) is 2.67. The average Bonchev–Trinajstić information content (AvgIpc) is 2.81. The average molecular weight is 236 g/mol. The van der Waals surface area contributed by atoms with Crippen molar-refractivity contribution in [3.05, 3.63) is 58.5 Å². The molecule has 0 saturated carbocycles. The molecular weight excluding hydrogens is 225 g/mol. The lowest BCUT2D eigenvalue weighted by atomic mass is 10.2. The summed E-state index contributed by atoms with van der Waals surface area (Å²) in [5.41, 5.74) is 0.894. The van der Waals surface area contributed by atoms with E-state index < -0.39 is 10.5 Å². The van der Waals surface area contributed by atoms with Gasteiger partial charge in [-0.05, 0) is 29.8 Å². The van der Waals surface area contributed by atoms with Crippen molar-refractivity contribution >= 4 is 15.7 Å². The smallest absolute Gasteiger partial charge is 0.303 e. The molecule has 0 unspecified atom stereocenters. The van der Waals surface area contributed by atoms with Gasteiger partial charge in [0, 0.05) is 6.54 Å². The van der Waals surface area contributed by atoms with Crippen molar-refractivity contribution in [3.8, 4) is 0 Å². The van der Waals surface area contributed by atoms with Crippen molar-refractivity contribution in [2.24, 2.45) is 0 Å². The van der Waals surface area contributed by atoms with Crippen molar-refractivity contribution in [1.82, 2.24) is 5.32 Å². The summed E-state index contributed by atoms with van der Waals surface area (Å²) < 4.78 is 12.6. The fraction of sp³-hybridized carbons (Fsp3) is 0.0833. The summed E-state index contributed by atoms with van der Waals surface area (Å²) >= 11 is 0. The highest BCUT2D eigenvalue weighted by atomic mass is 32.2. The van der Waals surface area contributed by atoms with Gasteiger partial charge in [-0.15, -0.1) is 0 Å². The number of nitrogens with one attached hydrogen (secondary N) is 1. The van der Waals surface area contributed by atoms with E-state index in [1.165, 1.54) is 12.1 Å². The van der Waals surface area contributed by atoms with Gasteiger partial charge in [0.1, 0.15) is 16.6 Å². The molecule has 16 heavy (non-hydrogen) atoms. The summed E-state index contributed by atoms with van der Waals surface area (Å²) in [4.78, 5) is 11.6. The quantitative estimate of drug-likeness (QED) is 0.814. The molecule has 0 spiro atoms. The summed E-state index contributed by atoms with van der Waals surface area (Å²) in [5, 5.41) is 6.53. The minimum Gasteiger partial charge on any atom is -0.303 e. The molecule has 1 N–H and O–H groups in total. The summed E-state index contributed by atoms with van der Waals surface area (Å²) in [6, 6.07) is 9.83. The van der Waals surface area contributed by atoms with Crippen molar-refractivity contribution in [2.45, 2.75) is 6.54 Å². The van der Waals surface area contributed by atoms with E-state index >= 15 is 0 Å². The number of carbonyl (C=O) groups is 1. The van der Waals surface area contributed by atoms with E-state index in [-0.39, 0.29) is 11.1 Å². The van der Waals surface area contributed by atoms with Crippen molar-refractivity contribution in [2.75, 3.05) is 0 Å². The molecule has 1 amide bonds. The first kappa shape index (κ1) is 10.8. The Labute approximate surface area is 95.7 Å². The number of amides is 1. The zero-order chi connectivity index (χ0) is 11.4. The first-order chi connectivity index (χ1) is 7.75. The first-order valence-corrected chi connectivity index (χ1v) is 6.20. The minimum atomic E-state index is -0.435. The van der Waals surface area contributed by atoms with E-state index in [9.17, 15) is 9.18 Å². The highest BCUT2D eigenvalue weighted by Gasteiger charge is 2.14. The van der Waals surface area contributed by atoms with E-state index in [1.54, 1.807) is 12.1 Å². The predicted octanol–water partition coefficient (Wildman–Crippen LogP) is 3.33. The lowest BCUT2D eigenvalue weighted by molar-refractivity contribution is 0.260. The maximum Gasteiger partial charge on any atom is 0.456 e. The first-order valence-electron chi connectivity index (χ1n) is 4.85. The number of carbonyl (C=O) groups excluding carboxylic acids is 1. The van der Waals surface area contributed by atoms with E-state index in [0.717, 1.165) is 5.56 Å². The summed E-state index contributed by atoms with van der Waals surface area (Å²) in [5.74, 6) is -0.265. The zero-order valence-corrected chi connectivity index (χ0v) is 9.34. The van der Waals surface area contributed by atoms with Crippen LogP contribution in [-0.2, 0) is 6.54 Å². The monoisotopic (exact) mass is 236 g/mol. The third-order valence-corrected chi connectivity index (χ3v) is 3.60. The molecule has 0 fully saturated rings. The minimum absolute atomic E-state index is 0.00525. The van der Waals surface area contributed by atoms with E-state index in [0.29, 0.717) is 6.54 Å². The fourth-order valence-electron chi connectivity index (χ4n) is 1.29. The Morgan fingerprint density at radius 3 is 2.44 bits per heavy atom. The Balaban J connectivity index is 1.93. The Bertz CT molecular complexity index is 464. The highest BCUT2D eigenvalue weighted by molar-refractivity contribution is 7.48. The van der Waals surface area contributed by atoms with Crippen LogP contribution in [0.4, 0.5) is 9.18 Å². The van der Waals surface area contributed by atoms with Crippen LogP contribution in [0.25, 0.3) is 0 Å². The van der Waals surface area contributed by atoms with Crippen LogP contribution in [0.5, 0.6) is 0 Å². The standard InChI is InChI=1S/C12H10FNOS/c13-11-5-3-10(4-6-11)9-14-12(15)16-7-1-2-8-16/h1-8H,9H2/p+1. The molecule has 0 aliphatic carbocycles. The van der Waals surface area contributed by atoms with Gasteiger partial charge in [-0.3, -0.25) is 0 Å². The molecule has 0 radical (unpaired) electrons. The number of rotatable bonds is 3. The predicted molar refractivity (Wildman–Crippen MR) is 63.0 cm³/mol. The number of hydrogen-bond acceptors (Lipinski definition) is 1. The summed E-state index contributed by atoms with van der Waals surface area (Å²) in [6.07, 6.45) is 0. The zero-order valence-electron chi connectivity index (χ0n) is 8.52. The topological polar surface area (TPSA) is 29.1 Å². The molecule has 4 heteroatoms. The summed E-state index contributed by atoms with van der Waals surface area (Å²) in [6.45, 7) is 0.435. The van der Waals surface area contributed by atoms with Crippen molar-refractivity contribution in [3.63, 3.8) is 0 Å². The Hall–Kier alpha value is -1.68. The highest BCUT2D eigenvalue weighted by Crippen LogP contribution is 2.16. The van der Waals surface area contributed by atoms with Crippen LogP contribution >= 0.6 is 10.5 Å². The Morgan fingerprint density at radius 1 is 1.19 bits per heavy atom. The van der Waals surface area contributed by atoms with Crippen LogP contribution in [0.1, 0.15) is 5.56 Å². The number of hydrogen-bond donors (Lipinski definition) is 1. The van der Waals surface area contributed by atoms with Crippen molar-refractivity contribution < 1.29 is 9.18 Å². The van der Waals surface area contributed by atoms with Crippen LogP contribution in [0.15, 0.2) is 47.2 Å². The normalized spacial score (nSPS) is 10.1. The Kier molecular flexibility index (Phi) is 3.31. The second kappa shape index (κ2) is 4.90. The number of thiophene rings is 1. The van der Waals surface area contributed by atoms with Gasteiger partial charge in [0.2, 0.25) is 0 Å². The maximum atomic E-state index is 12.6. The van der Waals surface area contributed by atoms with Gasteiger partial charge in [0.05, 0.1) is 10.5 Å². The molecule has 2 nitrogen and oxygen atoms in total. The largest absolute Gasteiger partial charge is 0.456 e. The van der Waals surface area contributed by atoms with Crippen LogP contribution in [0.2, 0.25) is 0 Å². The van der Waals surface area contributed by atoms with E-state index in [2.05, 4.69) is 5.32 Å². The van der Waals surface area contributed by atoms with Crippen LogP contribution in [-0.4, -0.2) is 5.24 Å². The Morgan fingerprint density at radius 2 is 1.81 bits per heavy atom. The van der Waals surface area contributed by atoms with Gasteiger partial charge in [0.25, 0.3) is 0 Å². The van der Waals surface area contributed by atoms with E-state index in [4.69, 9.17) is 0 Å². The third-order valence-electron chi connectivity index (χ3n) is 2.13. The second-order valence-corrected chi connectivity index (χ2v) is 4.96. The molecule has 1 aromatic heterocycles. The van der Waals surface area contributed by atoms with Crippen LogP contribution in [0, 0.1) is 5.82 Å². The molecule has 0 aliphatic rings. The van der Waals surface area contributed by atoms with Gasteiger partial charge in [-0.2, -0.15) is 0 Å². The molecule has 0 atom stereocenters. The molecule has 2 rings (SSSR count). The second-order valence-electron chi connectivity index (χ2n) is 3.30. The van der Waals surface area contributed by atoms with E-state index in [1.807, 2.05) is 22.9 Å². The lowest BCUT2D eigenvalue weighted by Crippen LogP contribution is -2.17. The molecule has 1 aromatic carbocycles. The molecular formula is C12H11FNOS+. The van der Waals surface area contributed by atoms with Crippen LogP contribution in [0.3, 0.4) is 0 Å². The van der Waals surface area contributed by atoms with Crippen LogP contribution < -0.4 is 5.32 Å². The van der Waals surface area contributed by atoms with Gasteiger partial charge < -0.3 is 5.32 Å². The van der Waals surface area contributed by atoms with Crippen molar-refractivity contribution in [1.29, 1.82) is 0 Å². The fourth-order valence-corrected chi connectivity index (χ4v) is 2.39. The molecule has 0 saturated heterocycles. The van der Waals surface area contributed by atoms with Gasteiger partial charge in [0.15, 0.2) is 0 Å². The summed E-state index contributed by atoms with van der Waals surface area (Å²) in [7, 11) is -0.435. The SMILES string of the molecule is O=C(NCc1ccc(F)cc1)[s+]1cccc1. The maximum absolute atomic E-state index is 12.6. The number of benzene rings is 1.